The Balaban J connectivity index is 2.23. The Bertz CT molecular complexity index is 497. The summed E-state index contributed by atoms with van der Waals surface area (Å²) in [5, 5.41) is 24.1. The maximum absolute atomic E-state index is 11.4. The molecular formula is C15H21N3O3. The lowest BCUT2D eigenvalue weighted by Crippen LogP contribution is -2.41. The SMILES string of the molecule is CC(C)NC(=O)CNCC(O)COc1cccc(C#N)c1. The van der Waals surface area contributed by atoms with Gasteiger partial charge in [-0.15, -0.1) is 0 Å². The highest BCUT2D eigenvalue weighted by Gasteiger charge is 2.07. The molecule has 1 unspecified atom stereocenters. The molecular weight excluding hydrogens is 270 g/mol. The average molecular weight is 291 g/mol. The lowest BCUT2D eigenvalue weighted by atomic mass is 10.2. The maximum Gasteiger partial charge on any atom is 0.234 e. The van der Waals surface area contributed by atoms with Crippen molar-refractivity contribution in [2.45, 2.75) is 26.0 Å². The van der Waals surface area contributed by atoms with E-state index in [-0.39, 0.29) is 31.6 Å². The molecule has 1 atom stereocenters. The number of carbonyl (C=O) groups is 1. The second kappa shape index (κ2) is 8.95. The number of benzene rings is 1. The fourth-order valence-corrected chi connectivity index (χ4v) is 1.63. The van der Waals surface area contributed by atoms with Gasteiger partial charge in [-0.2, -0.15) is 5.26 Å². The maximum atomic E-state index is 11.4. The summed E-state index contributed by atoms with van der Waals surface area (Å²) in [5.74, 6) is 0.422. The molecule has 1 aromatic carbocycles. The Morgan fingerprint density at radius 2 is 2.24 bits per heavy atom. The van der Waals surface area contributed by atoms with Crippen LogP contribution in [0.15, 0.2) is 24.3 Å². The van der Waals surface area contributed by atoms with Crippen molar-refractivity contribution in [1.29, 1.82) is 5.26 Å². The van der Waals surface area contributed by atoms with E-state index in [2.05, 4.69) is 10.6 Å². The normalized spacial score (nSPS) is 11.8. The zero-order valence-corrected chi connectivity index (χ0v) is 12.3. The number of aliphatic hydroxyl groups excluding tert-OH is 1. The van der Waals surface area contributed by atoms with Crippen LogP contribution in [0.2, 0.25) is 0 Å². The van der Waals surface area contributed by atoms with E-state index < -0.39 is 6.10 Å². The number of amides is 1. The molecule has 6 nitrogen and oxygen atoms in total. The number of aliphatic hydroxyl groups is 1. The standard InChI is InChI=1S/C15H21N3O3/c1-11(2)18-15(20)9-17-8-13(19)10-21-14-5-3-4-12(6-14)7-16/h3-6,11,13,17,19H,8-10H2,1-2H3,(H,18,20). The van der Waals surface area contributed by atoms with Crippen LogP contribution in [0.4, 0.5) is 0 Å². The van der Waals surface area contributed by atoms with Crippen molar-refractivity contribution >= 4 is 5.91 Å². The highest BCUT2D eigenvalue weighted by Crippen LogP contribution is 2.12. The van der Waals surface area contributed by atoms with Crippen LogP contribution < -0.4 is 15.4 Å². The minimum absolute atomic E-state index is 0.0910. The Labute approximate surface area is 124 Å². The molecule has 6 heteroatoms. The summed E-state index contributed by atoms with van der Waals surface area (Å²) < 4.78 is 5.39. The van der Waals surface area contributed by atoms with E-state index >= 15 is 0 Å². The summed E-state index contributed by atoms with van der Waals surface area (Å²) in [6, 6.07) is 8.84. The highest BCUT2D eigenvalue weighted by atomic mass is 16.5. The predicted octanol–water partition coefficient (Wildman–Crippen LogP) is 0.412. The third-order valence-electron chi connectivity index (χ3n) is 2.52. The summed E-state index contributed by atoms with van der Waals surface area (Å²) in [7, 11) is 0. The molecule has 0 fully saturated rings. The highest BCUT2D eigenvalue weighted by molar-refractivity contribution is 5.78. The third kappa shape index (κ3) is 7.30. The summed E-state index contributed by atoms with van der Waals surface area (Å²) in [5.41, 5.74) is 0.505. The largest absolute Gasteiger partial charge is 0.491 e. The zero-order valence-electron chi connectivity index (χ0n) is 12.3. The minimum Gasteiger partial charge on any atom is -0.491 e. The number of nitriles is 1. The lowest BCUT2D eigenvalue weighted by Gasteiger charge is -2.14. The van der Waals surface area contributed by atoms with Crippen LogP contribution in [0.25, 0.3) is 0 Å². The van der Waals surface area contributed by atoms with Crippen LogP contribution in [0.5, 0.6) is 5.75 Å². The van der Waals surface area contributed by atoms with Gasteiger partial charge in [0.05, 0.1) is 18.2 Å². The molecule has 0 aromatic heterocycles. The number of ether oxygens (including phenoxy) is 1. The van der Waals surface area contributed by atoms with Gasteiger partial charge in [-0.3, -0.25) is 4.79 Å². The Morgan fingerprint density at radius 3 is 2.90 bits per heavy atom. The van der Waals surface area contributed by atoms with Gasteiger partial charge in [0, 0.05) is 12.6 Å². The first-order chi connectivity index (χ1) is 10.0. The van der Waals surface area contributed by atoms with Crippen molar-refractivity contribution < 1.29 is 14.6 Å². The Kier molecular flexibility index (Phi) is 7.23. The molecule has 0 bridgehead atoms. The van der Waals surface area contributed by atoms with E-state index in [1.165, 1.54) is 0 Å². The summed E-state index contributed by atoms with van der Waals surface area (Å²) in [4.78, 5) is 11.4. The molecule has 1 aromatic rings. The van der Waals surface area contributed by atoms with Crippen LogP contribution in [0, 0.1) is 11.3 Å². The number of hydrogen-bond acceptors (Lipinski definition) is 5. The molecule has 0 heterocycles. The second-order valence-electron chi connectivity index (χ2n) is 4.96. The quantitative estimate of drug-likeness (QED) is 0.645. The molecule has 0 saturated heterocycles. The van der Waals surface area contributed by atoms with E-state index in [1.54, 1.807) is 24.3 Å². The molecule has 0 aliphatic heterocycles. The number of hydrogen-bond donors (Lipinski definition) is 3. The molecule has 3 N–H and O–H groups in total. The molecule has 1 amide bonds. The van der Waals surface area contributed by atoms with Crippen molar-refractivity contribution in [3.63, 3.8) is 0 Å². The first-order valence-corrected chi connectivity index (χ1v) is 6.82. The number of nitrogens with zero attached hydrogens (tertiary/aromatic N) is 1. The first-order valence-electron chi connectivity index (χ1n) is 6.82. The van der Waals surface area contributed by atoms with Crippen molar-refractivity contribution in [2.75, 3.05) is 19.7 Å². The van der Waals surface area contributed by atoms with Gasteiger partial charge in [-0.25, -0.2) is 0 Å². The Morgan fingerprint density at radius 1 is 1.48 bits per heavy atom. The number of carbonyl (C=O) groups excluding carboxylic acids is 1. The third-order valence-corrected chi connectivity index (χ3v) is 2.52. The van der Waals surface area contributed by atoms with Crippen molar-refractivity contribution in [3.8, 4) is 11.8 Å². The van der Waals surface area contributed by atoms with E-state index in [1.807, 2.05) is 19.9 Å². The van der Waals surface area contributed by atoms with Gasteiger partial charge in [0.25, 0.3) is 0 Å². The summed E-state index contributed by atoms with van der Waals surface area (Å²) >= 11 is 0. The van der Waals surface area contributed by atoms with Crippen molar-refractivity contribution in [3.05, 3.63) is 29.8 Å². The van der Waals surface area contributed by atoms with E-state index in [0.29, 0.717) is 11.3 Å². The number of nitrogens with one attached hydrogen (secondary N) is 2. The topological polar surface area (TPSA) is 94.4 Å². The molecule has 0 saturated carbocycles. The molecule has 0 radical (unpaired) electrons. The molecule has 1 rings (SSSR count). The van der Waals surface area contributed by atoms with Gasteiger partial charge in [0.2, 0.25) is 5.91 Å². The van der Waals surface area contributed by atoms with Gasteiger partial charge in [-0.1, -0.05) is 6.07 Å². The van der Waals surface area contributed by atoms with Crippen LogP contribution >= 0.6 is 0 Å². The van der Waals surface area contributed by atoms with Crippen molar-refractivity contribution in [2.24, 2.45) is 0 Å². The zero-order chi connectivity index (χ0) is 15.7. The van der Waals surface area contributed by atoms with E-state index in [0.717, 1.165) is 0 Å². The van der Waals surface area contributed by atoms with Gasteiger partial charge >= 0.3 is 0 Å². The molecule has 0 aliphatic carbocycles. The van der Waals surface area contributed by atoms with Gasteiger partial charge in [0.15, 0.2) is 0 Å². The van der Waals surface area contributed by atoms with Gasteiger partial charge in [-0.05, 0) is 32.0 Å². The Hall–Kier alpha value is -2.10. The smallest absolute Gasteiger partial charge is 0.234 e. The summed E-state index contributed by atoms with van der Waals surface area (Å²) in [6.45, 7) is 4.27. The summed E-state index contributed by atoms with van der Waals surface area (Å²) in [6.07, 6.45) is -0.734. The fourth-order valence-electron chi connectivity index (χ4n) is 1.63. The van der Waals surface area contributed by atoms with Crippen LogP contribution in [0.1, 0.15) is 19.4 Å². The van der Waals surface area contributed by atoms with E-state index in [9.17, 15) is 9.90 Å². The fraction of sp³-hybridized carbons (Fsp3) is 0.467. The van der Waals surface area contributed by atoms with Crippen LogP contribution in [-0.4, -0.2) is 42.9 Å². The van der Waals surface area contributed by atoms with E-state index in [4.69, 9.17) is 10.00 Å². The molecule has 0 aliphatic rings. The van der Waals surface area contributed by atoms with Crippen LogP contribution in [-0.2, 0) is 4.79 Å². The van der Waals surface area contributed by atoms with Crippen molar-refractivity contribution in [1.82, 2.24) is 10.6 Å². The predicted molar refractivity (Wildman–Crippen MR) is 78.8 cm³/mol. The molecule has 114 valence electrons. The van der Waals surface area contributed by atoms with Gasteiger partial charge in [0.1, 0.15) is 18.5 Å². The minimum atomic E-state index is -0.734. The lowest BCUT2D eigenvalue weighted by molar-refractivity contribution is -0.120. The monoisotopic (exact) mass is 291 g/mol. The van der Waals surface area contributed by atoms with Crippen LogP contribution in [0.3, 0.4) is 0 Å². The second-order valence-corrected chi connectivity index (χ2v) is 4.96. The average Bonchev–Trinajstić information content (AvgIpc) is 2.44. The molecule has 0 spiro atoms. The van der Waals surface area contributed by atoms with Gasteiger partial charge < -0.3 is 20.5 Å². The molecule has 21 heavy (non-hydrogen) atoms. The number of rotatable bonds is 8. The first kappa shape index (κ1) is 17.0.